The summed E-state index contributed by atoms with van der Waals surface area (Å²) in [7, 11) is 0. The van der Waals surface area contributed by atoms with Crippen LogP contribution in [0.4, 0.5) is 18.9 Å². The van der Waals surface area contributed by atoms with Gasteiger partial charge in [-0.3, -0.25) is 0 Å². The number of nitrogens with one attached hydrogen (secondary N) is 1. The molecule has 2 nitrogen and oxygen atoms in total. The number of benzene rings is 1. The molecule has 0 aromatic heterocycles. The Morgan fingerprint density at radius 2 is 2.07 bits per heavy atom. The molecule has 0 atom stereocenters. The Balaban J connectivity index is 2.48. The fraction of sp³-hybridized carbons (Fsp3) is 0.400. The first kappa shape index (κ1) is 10.1. The van der Waals surface area contributed by atoms with Crippen molar-refractivity contribution < 1.29 is 17.9 Å². The molecule has 82 valence electrons. The summed E-state index contributed by atoms with van der Waals surface area (Å²) in [6.45, 7) is 0.946. The molecule has 5 heteroatoms. The van der Waals surface area contributed by atoms with Crippen molar-refractivity contribution in [1.29, 1.82) is 0 Å². The molecule has 0 saturated carbocycles. The number of halogens is 3. The Bertz CT molecular complexity index is 362. The predicted molar refractivity (Wildman–Crippen MR) is 50.0 cm³/mol. The van der Waals surface area contributed by atoms with Gasteiger partial charge in [0.25, 0.3) is 0 Å². The third-order valence-corrected chi connectivity index (χ3v) is 2.20. The molecule has 0 bridgehead atoms. The molecule has 2 rings (SSSR count). The summed E-state index contributed by atoms with van der Waals surface area (Å²) in [6.07, 6.45) is -3.66. The molecule has 0 unspecified atom stereocenters. The number of rotatable bonds is 0. The van der Waals surface area contributed by atoms with Gasteiger partial charge in [0.2, 0.25) is 0 Å². The van der Waals surface area contributed by atoms with Crippen LogP contribution in [0.15, 0.2) is 18.2 Å². The minimum Gasteiger partial charge on any atom is -0.491 e. The van der Waals surface area contributed by atoms with Gasteiger partial charge in [0.15, 0.2) is 5.75 Å². The molecular weight excluding hydrogens is 207 g/mol. The molecule has 1 N–H and O–H groups in total. The van der Waals surface area contributed by atoms with Crippen molar-refractivity contribution in [3.8, 4) is 5.75 Å². The molecule has 0 spiro atoms. The second kappa shape index (κ2) is 3.64. The molecule has 0 radical (unpaired) electrons. The van der Waals surface area contributed by atoms with Gasteiger partial charge < -0.3 is 10.1 Å². The van der Waals surface area contributed by atoms with Crippen LogP contribution in [0.3, 0.4) is 0 Å². The van der Waals surface area contributed by atoms with E-state index in [1.807, 2.05) is 0 Å². The normalized spacial score (nSPS) is 15.9. The highest BCUT2D eigenvalue weighted by Gasteiger charge is 2.35. The molecule has 0 saturated heterocycles. The average Bonchev–Trinajstić information content (AvgIpc) is 2.39. The number of anilines is 1. The Labute approximate surface area is 85.0 Å². The third kappa shape index (κ3) is 2.00. The Hall–Kier alpha value is -1.39. The van der Waals surface area contributed by atoms with E-state index in [1.165, 1.54) is 6.07 Å². The van der Waals surface area contributed by atoms with Crippen LogP contribution in [-0.4, -0.2) is 13.2 Å². The van der Waals surface area contributed by atoms with Crippen molar-refractivity contribution in [1.82, 2.24) is 0 Å². The highest BCUT2D eigenvalue weighted by Crippen LogP contribution is 2.41. The van der Waals surface area contributed by atoms with Crippen molar-refractivity contribution in [2.45, 2.75) is 12.6 Å². The number of para-hydroxylation sites is 1. The lowest BCUT2D eigenvalue weighted by Gasteiger charge is -2.14. The van der Waals surface area contributed by atoms with E-state index >= 15 is 0 Å². The second-order valence-electron chi connectivity index (χ2n) is 3.31. The van der Waals surface area contributed by atoms with Gasteiger partial charge in [-0.05, 0) is 18.6 Å². The summed E-state index contributed by atoms with van der Waals surface area (Å²) in [5.41, 5.74) is -0.295. The van der Waals surface area contributed by atoms with Crippen LogP contribution in [0.5, 0.6) is 5.75 Å². The average molecular weight is 217 g/mol. The van der Waals surface area contributed by atoms with Gasteiger partial charge in [-0.15, -0.1) is 0 Å². The largest absolute Gasteiger partial charge is 0.491 e. The Morgan fingerprint density at radius 3 is 2.80 bits per heavy atom. The van der Waals surface area contributed by atoms with Crippen LogP contribution in [0, 0.1) is 0 Å². The molecule has 1 aliphatic rings. The summed E-state index contributed by atoms with van der Waals surface area (Å²) < 4.78 is 42.9. The van der Waals surface area contributed by atoms with Gasteiger partial charge in [0, 0.05) is 6.54 Å². The van der Waals surface area contributed by atoms with Crippen LogP contribution >= 0.6 is 0 Å². The van der Waals surface area contributed by atoms with Crippen molar-refractivity contribution in [3.05, 3.63) is 23.8 Å². The van der Waals surface area contributed by atoms with Gasteiger partial charge in [-0.25, -0.2) is 0 Å². The van der Waals surface area contributed by atoms with Crippen molar-refractivity contribution in [2.75, 3.05) is 18.5 Å². The smallest absolute Gasteiger partial charge is 0.420 e. The van der Waals surface area contributed by atoms with Crippen LogP contribution in [-0.2, 0) is 6.18 Å². The third-order valence-electron chi connectivity index (χ3n) is 2.20. The van der Waals surface area contributed by atoms with E-state index in [-0.39, 0.29) is 5.75 Å². The first-order valence-corrected chi connectivity index (χ1v) is 4.66. The van der Waals surface area contributed by atoms with E-state index in [0.29, 0.717) is 25.3 Å². The van der Waals surface area contributed by atoms with E-state index in [2.05, 4.69) is 5.32 Å². The first-order valence-electron chi connectivity index (χ1n) is 4.66. The minimum atomic E-state index is -4.36. The molecular formula is C10H10F3NO. The lowest BCUT2D eigenvalue weighted by atomic mass is 10.1. The predicted octanol–water partition coefficient (Wildman–Crippen LogP) is 2.90. The molecule has 15 heavy (non-hydrogen) atoms. The van der Waals surface area contributed by atoms with E-state index in [9.17, 15) is 13.2 Å². The van der Waals surface area contributed by atoms with Gasteiger partial charge >= 0.3 is 6.18 Å². The summed E-state index contributed by atoms with van der Waals surface area (Å²) in [5, 5.41) is 2.91. The SMILES string of the molecule is FC(F)(F)c1cccc2c1OCCCN2. The summed E-state index contributed by atoms with van der Waals surface area (Å²) >= 11 is 0. The molecule has 0 fully saturated rings. The number of ether oxygens (including phenoxy) is 1. The van der Waals surface area contributed by atoms with E-state index in [4.69, 9.17) is 4.74 Å². The minimum absolute atomic E-state index is 0.0810. The zero-order valence-electron chi connectivity index (χ0n) is 7.90. The van der Waals surface area contributed by atoms with Crippen LogP contribution < -0.4 is 10.1 Å². The lowest BCUT2D eigenvalue weighted by Crippen LogP contribution is -2.09. The standard InChI is InChI=1S/C10H10F3NO/c11-10(12,13)7-3-1-4-8-9(7)15-6-2-5-14-8/h1,3-4,14H,2,5-6H2. The van der Waals surface area contributed by atoms with Crippen LogP contribution in [0.2, 0.25) is 0 Å². The quantitative estimate of drug-likeness (QED) is 0.721. The maximum atomic E-state index is 12.6. The van der Waals surface area contributed by atoms with Gasteiger partial charge in [-0.2, -0.15) is 13.2 Å². The molecule has 1 aliphatic heterocycles. The van der Waals surface area contributed by atoms with Crippen molar-refractivity contribution >= 4 is 5.69 Å². The monoisotopic (exact) mass is 217 g/mol. The van der Waals surface area contributed by atoms with Gasteiger partial charge in [0.05, 0.1) is 17.9 Å². The molecule has 1 aromatic carbocycles. The van der Waals surface area contributed by atoms with E-state index in [1.54, 1.807) is 6.07 Å². The maximum Gasteiger partial charge on any atom is 0.420 e. The second-order valence-corrected chi connectivity index (χ2v) is 3.31. The van der Waals surface area contributed by atoms with E-state index in [0.717, 1.165) is 6.07 Å². The fourth-order valence-electron chi connectivity index (χ4n) is 1.52. The summed E-state index contributed by atoms with van der Waals surface area (Å²) in [4.78, 5) is 0. The highest BCUT2D eigenvalue weighted by atomic mass is 19.4. The zero-order valence-corrected chi connectivity index (χ0v) is 7.90. The Morgan fingerprint density at radius 1 is 1.27 bits per heavy atom. The van der Waals surface area contributed by atoms with Crippen molar-refractivity contribution in [2.24, 2.45) is 0 Å². The number of hydrogen-bond donors (Lipinski definition) is 1. The van der Waals surface area contributed by atoms with Crippen LogP contribution in [0.1, 0.15) is 12.0 Å². The van der Waals surface area contributed by atoms with Gasteiger partial charge in [-0.1, -0.05) is 6.07 Å². The molecule has 1 heterocycles. The lowest BCUT2D eigenvalue weighted by molar-refractivity contribution is -0.138. The maximum absolute atomic E-state index is 12.6. The first-order chi connectivity index (χ1) is 7.09. The fourth-order valence-corrected chi connectivity index (χ4v) is 1.52. The Kier molecular flexibility index (Phi) is 2.46. The zero-order chi connectivity index (χ0) is 10.9. The van der Waals surface area contributed by atoms with Crippen LogP contribution in [0.25, 0.3) is 0 Å². The topological polar surface area (TPSA) is 21.3 Å². The van der Waals surface area contributed by atoms with E-state index < -0.39 is 11.7 Å². The summed E-state index contributed by atoms with van der Waals surface area (Å²) in [6, 6.07) is 4.01. The van der Waals surface area contributed by atoms with Gasteiger partial charge in [0.1, 0.15) is 0 Å². The van der Waals surface area contributed by atoms with Crippen molar-refractivity contribution in [3.63, 3.8) is 0 Å². The number of hydrogen-bond acceptors (Lipinski definition) is 2. The number of alkyl halides is 3. The molecule has 0 amide bonds. The molecule has 0 aliphatic carbocycles. The highest BCUT2D eigenvalue weighted by molar-refractivity contribution is 5.61. The molecule has 1 aromatic rings. The summed E-state index contributed by atoms with van der Waals surface area (Å²) in [5.74, 6) is -0.0810. The number of fused-ring (bicyclic) bond motifs is 1.